The summed E-state index contributed by atoms with van der Waals surface area (Å²) in [6.45, 7) is 9.17. The summed E-state index contributed by atoms with van der Waals surface area (Å²) in [6, 6.07) is 0. The Balaban J connectivity index is 3.30. The number of unbranched alkanes of at least 4 members (excludes halogenated alkanes) is 5. The minimum Gasteiger partial charge on any atom is -0.0917 e. The summed E-state index contributed by atoms with van der Waals surface area (Å²) in [5.74, 6) is 1.72. The van der Waals surface area contributed by atoms with Crippen molar-refractivity contribution in [2.75, 3.05) is 0 Å². The van der Waals surface area contributed by atoms with Crippen LogP contribution in [0.5, 0.6) is 0 Å². The van der Waals surface area contributed by atoms with Crippen molar-refractivity contribution in [3.8, 4) is 0 Å². The lowest BCUT2D eigenvalue weighted by atomic mass is 9.62. The van der Waals surface area contributed by atoms with Crippen molar-refractivity contribution in [3.63, 3.8) is 0 Å². The normalized spacial score (nSPS) is 13.1. The van der Waals surface area contributed by atoms with E-state index in [1.807, 2.05) is 0 Å². The summed E-state index contributed by atoms with van der Waals surface area (Å²) < 4.78 is 0. The molecule has 0 rings (SSSR count). The molecular weight excluding hydrogens is 179 g/mol. The van der Waals surface area contributed by atoms with Crippen LogP contribution in [0.1, 0.15) is 72.1 Å². The molecule has 0 aromatic heterocycles. The zero-order valence-corrected chi connectivity index (χ0v) is 11.4. The monoisotopic (exact) mass is 209 g/mol. The molecular formula is C14H30B. The van der Waals surface area contributed by atoms with Crippen LogP contribution < -0.4 is 0 Å². The molecule has 1 atom stereocenters. The molecule has 0 heterocycles. The van der Waals surface area contributed by atoms with Gasteiger partial charge in [-0.2, -0.15) is 0 Å². The predicted molar refractivity (Wildman–Crippen MR) is 72.8 cm³/mol. The summed E-state index contributed by atoms with van der Waals surface area (Å²) in [4.78, 5) is 0. The van der Waals surface area contributed by atoms with Crippen LogP contribution >= 0.6 is 0 Å². The first-order valence-electron chi connectivity index (χ1n) is 7.00. The smallest absolute Gasteiger partial charge is 0.0917 e. The fraction of sp³-hybridized carbons (Fsp3) is 1.00. The highest BCUT2D eigenvalue weighted by Gasteiger charge is 2.08. The Morgan fingerprint density at radius 2 is 1.53 bits per heavy atom. The Bertz CT molecular complexity index is 121. The van der Waals surface area contributed by atoms with Crippen LogP contribution in [0.25, 0.3) is 0 Å². The SMILES string of the molecule is C[B]C(CCCCCCCC)CC(C)C. The maximum atomic E-state index is 2.41. The molecule has 0 nitrogen and oxygen atoms in total. The van der Waals surface area contributed by atoms with E-state index in [1.54, 1.807) is 0 Å². The van der Waals surface area contributed by atoms with E-state index in [4.69, 9.17) is 0 Å². The van der Waals surface area contributed by atoms with Gasteiger partial charge in [0.15, 0.2) is 0 Å². The second-order valence-corrected chi connectivity index (χ2v) is 5.28. The molecule has 0 aromatic carbocycles. The Labute approximate surface area is 98.5 Å². The van der Waals surface area contributed by atoms with Crippen molar-refractivity contribution in [2.45, 2.75) is 84.8 Å². The average molecular weight is 209 g/mol. The van der Waals surface area contributed by atoms with Gasteiger partial charge in [-0.3, -0.25) is 0 Å². The van der Waals surface area contributed by atoms with Crippen molar-refractivity contribution in [1.29, 1.82) is 0 Å². The zero-order valence-electron chi connectivity index (χ0n) is 11.4. The number of hydrogen-bond donors (Lipinski definition) is 0. The van der Waals surface area contributed by atoms with E-state index < -0.39 is 0 Å². The molecule has 0 aliphatic rings. The molecule has 15 heavy (non-hydrogen) atoms. The van der Waals surface area contributed by atoms with Crippen molar-refractivity contribution in [1.82, 2.24) is 0 Å². The molecule has 0 saturated heterocycles. The highest BCUT2D eigenvalue weighted by atomic mass is 14.1. The Kier molecular flexibility index (Phi) is 10.6. The fourth-order valence-electron chi connectivity index (χ4n) is 2.21. The van der Waals surface area contributed by atoms with Crippen LogP contribution in [0.15, 0.2) is 0 Å². The third-order valence-electron chi connectivity index (χ3n) is 3.17. The van der Waals surface area contributed by atoms with Gasteiger partial charge in [-0.1, -0.05) is 84.8 Å². The van der Waals surface area contributed by atoms with Gasteiger partial charge < -0.3 is 0 Å². The van der Waals surface area contributed by atoms with Crippen LogP contribution in [0, 0.1) is 5.92 Å². The molecule has 89 valence electrons. The van der Waals surface area contributed by atoms with Gasteiger partial charge in [0.25, 0.3) is 0 Å². The maximum Gasteiger partial charge on any atom is 0.110 e. The molecule has 0 aliphatic carbocycles. The molecule has 0 N–H and O–H groups in total. The van der Waals surface area contributed by atoms with Gasteiger partial charge in [0.05, 0.1) is 0 Å². The summed E-state index contributed by atoms with van der Waals surface area (Å²) in [5, 5.41) is 0. The molecule has 0 bridgehead atoms. The highest BCUT2D eigenvalue weighted by molar-refractivity contribution is 6.35. The first-order chi connectivity index (χ1) is 7.20. The molecule has 0 aromatic rings. The highest BCUT2D eigenvalue weighted by Crippen LogP contribution is 2.23. The van der Waals surface area contributed by atoms with Gasteiger partial charge in [0.1, 0.15) is 7.28 Å². The molecule has 0 saturated carbocycles. The Morgan fingerprint density at radius 1 is 0.933 bits per heavy atom. The van der Waals surface area contributed by atoms with E-state index in [0.717, 1.165) is 11.7 Å². The number of hydrogen-bond acceptors (Lipinski definition) is 0. The lowest BCUT2D eigenvalue weighted by Crippen LogP contribution is -2.04. The first kappa shape index (κ1) is 15.1. The second-order valence-electron chi connectivity index (χ2n) is 5.28. The third-order valence-corrected chi connectivity index (χ3v) is 3.17. The predicted octanol–water partition coefficient (Wildman–Crippen LogP) is 5.32. The maximum absolute atomic E-state index is 2.41. The van der Waals surface area contributed by atoms with Gasteiger partial charge in [-0.05, 0) is 5.92 Å². The molecule has 0 aliphatic heterocycles. The summed E-state index contributed by atoms with van der Waals surface area (Å²) in [6.07, 6.45) is 11.4. The lowest BCUT2D eigenvalue weighted by Gasteiger charge is -2.16. The van der Waals surface area contributed by atoms with E-state index in [0.29, 0.717) is 0 Å². The van der Waals surface area contributed by atoms with Gasteiger partial charge >= 0.3 is 0 Å². The molecule has 0 amide bonds. The fourth-order valence-corrected chi connectivity index (χ4v) is 2.21. The summed E-state index contributed by atoms with van der Waals surface area (Å²) in [7, 11) is 2.41. The van der Waals surface area contributed by atoms with E-state index in [9.17, 15) is 0 Å². The molecule has 0 spiro atoms. The summed E-state index contributed by atoms with van der Waals surface area (Å²) in [5.41, 5.74) is 0. The van der Waals surface area contributed by atoms with Crippen LogP contribution in [0.2, 0.25) is 12.6 Å². The average Bonchev–Trinajstić information content (AvgIpc) is 2.20. The van der Waals surface area contributed by atoms with E-state index in [1.165, 1.54) is 51.4 Å². The van der Waals surface area contributed by atoms with Crippen LogP contribution in [-0.2, 0) is 0 Å². The molecule has 1 heteroatoms. The lowest BCUT2D eigenvalue weighted by molar-refractivity contribution is 0.506. The molecule has 1 unspecified atom stereocenters. The Hall–Kier alpha value is 0.0649. The van der Waals surface area contributed by atoms with Crippen molar-refractivity contribution in [2.24, 2.45) is 5.92 Å². The summed E-state index contributed by atoms with van der Waals surface area (Å²) >= 11 is 0. The van der Waals surface area contributed by atoms with Gasteiger partial charge in [0.2, 0.25) is 0 Å². The zero-order chi connectivity index (χ0) is 11.5. The van der Waals surface area contributed by atoms with Crippen molar-refractivity contribution in [3.05, 3.63) is 0 Å². The standard InChI is InChI=1S/C14H30B/c1-5-6-7-8-9-10-11-14(15-4)12-13(2)3/h13-14H,5-12H2,1-4H3. The second kappa shape index (κ2) is 10.6. The van der Waals surface area contributed by atoms with Crippen molar-refractivity contribution < 1.29 is 0 Å². The molecule has 1 radical (unpaired) electrons. The third kappa shape index (κ3) is 10.3. The number of rotatable bonds is 10. The van der Waals surface area contributed by atoms with E-state index in [-0.39, 0.29) is 0 Å². The largest absolute Gasteiger partial charge is 0.110 e. The van der Waals surface area contributed by atoms with Gasteiger partial charge in [0, 0.05) is 0 Å². The van der Waals surface area contributed by atoms with Crippen molar-refractivity contribution >= 4 is 7.28 Å². The van der Waals surface area contributed by atoms with Gasteiger partial charge in [-0.25, -0.2) is 0 Å². The van der Waals surface area contributed by atoms with Crippen LogP contribution in [0.4, 0.5) is 0 Å². The topological polar surface area (TPSA) is 0 Å². The van der Waals surface area contributed by atoms with Gasteiger partial charge in [-0.15, -0.1) is 0 Å². The van der Waals surface area contributed by atoms with E-state index >= 15 is 0 Å². The Morgan fingerprint density at radius 3 is 2.07 bits per heavy atom. The van der Waals surface area contributed by atoms with Crippen LogP contribution in [0.3, 0.4) is 0 Å². The van der Waals surface area contributed by atoms with Crippen LogP contribution in [-0.4, -0.2) is 7.28 Å². The quantitative estimate of drug-likeness (QED) is 0.337. The van der Waals surface area contributed by atoms with E-state index in [2.05, 4.69) is 34.9 Å². The molecule has 0 fully saturated rings. The first-order valence-corrected chi connectivity index (χ1v) is 7.00. The minimum atomic E-state index is 0.853. The minimum absolute atomic E-state index is 0.853.